The Kier molecular flexibility index (Phi) is 5.52. The summed E-state index contributed by atoms with van der Waals surface area (Å²) in [6.07, 6.45) is -0.546. The van der Waals surface area contributed by atoms with Crippen molar-refractivity contribution >= 4 is 29.4 Å². The van der Waals surface area contributed by atoms with Gasteiger partial charge in [-0.1, -0.05) is 18.2 Å². The van der Waals surface area contributed by atoms with Crippen LogP contribution in [0.2, 0.25) is 5.02 Å². The van der Waals surface area contributed by atoms with Crippen molar-refractivity contribution in [2.24, 2.45) is 0 Å². The van der Waals surface area contributed by atoms with Crippen molar-refractivity contribution in [3.63, 3.8) is 0 Å². The molecule has 134 valence electrons. The summed E-state index contributed by atoms with van der Waals surface area (Å²) in [5.41, 5.74) is -0.154. The summed E-state index contributed by atoms with van der Waals surface area (Å²) in [5.74, 6) is -0.722. The van der Waals surface area contributed by atoms with Crippen LogP contribution in [0.3, 0.4) is 0 Å². The van der Waals surface area contributed by atoms with E-state index in [4.69, 9.17) is 16.3 Å². The molecule has 1 aromatic carbocycles. The fourth-order valence-corrected chi connectivity index (χ4v) is 2.46. The zero-order valence-electron chi connectivity index (χ0n) is 14.5. The lowest BCUT2D eigenvalue weighted by molar-refractivity contribution is -0.133. The van der Waals surface area contributed by atoms with E-state index in [0.717, 1.165) is 0 Å². The summed E-state index contributed by atoms with van der Waals surface area (Å²) in [6.45, 7) is 9.33. The predicted octanol–water partition coefficient (Wildman–Crippen LogP) is 3.12. The van der Waals surface area contributed by atoms with E-state index in [1.54, 1.807) is 45.0 Å². The van der Waals surface area contributed by atoms with E-state index in [1.165, 1.54) is 9.80 Å². The predicted molar refractivity (Wildman–Crippen MR) is 94.4 cm³/mol. The van der Waals surface area contributed by atoms with Crippen LogP contribution in [0.15, 0.2) is 36.5 Å². The van der Waals surface area contributed by atoms with Gasteiger partial charge in [0.2, 0.25) is 11.7 Å². The lowest BCUT2D eigenvalue weighted by Gasteiger charge is -2.35. The minimum absolute atomic E-state index is 0.0798. The van der Waals surface area contributed by atoms with Crippen molar-refractivity contribution in [2.45, 2.75) is 26.4 Å². The fraction of sp³-hybridized carbons (Fsp3) is 0.389. The molecule has 1 heterocycles. The van der Waals surface area contributed by atoms with Crippen LogP contribution in [-0.4, -0.2) is 52.8 Å². The number of carbonyl (C=O) groups excluding carboxylic acids is 3. The van der Waals surface area contributed by atoms with Gasteiger partial charge in [-0.15, -0.1) is 0 Å². The maximum absolute atomic E-state index is 12.5. The number of Topliss-reactive ketones (excluding diaryl/α,β-unsaturated/α-hetero) is 1. The molecule has 1 saturated heterocycles. The molecule has 1 aliphatic rings. The molecule has 1 aliphatic heterocycles. The van der Waals surface area contributed by atoms with Crippen molar-refractivity contribution in [3.8, 4) is 0 Å². The zero-order chi connectivity index (χ0) is 18.8. The normalized spacial score (nSPS) is 15.1. The summed E-state index contributed by atoms with van der Waals surface area (Å²) >= 11 is 5.81. The molecule has 0 bridgehead atoms. The molecule has 2 rings (SSSR count). The fourth-order valence-electron chi connectivity index (χ4n) is 2.33. The highest BCUT2D eigenvalue weighted by atomic mass is 35.5. The number of rotatable bonds is 3. The summed E-state index contributed by atoms with van der Waals surface area (Å²) in [7, 11) is 0. The van der Waals surface area contributed by atoms with E-state index >= 15 is 0 Å². The molecule has 1 fully saturated rings. The number of allylic oxidation sites excluding steroid dienone is 1. The molecule has 6 nitrogen and oxygen atoms in total. The Morgan fingerprint density at radius 1 is 1.16 bits per heavy atom. The Hall–Kier alpha value is -2.34. The number of piperazine rings is 1. The van der Waals surface area contributed by atoms with Crippen LogP contribution in [0.25, 0.3) is 0 Å². The Bertz CT molecular complexity index is 707. The van der Waals surface area contributed by atoms with Crippen LogP contribution < -0.4 is 0 Å². The highest BCUT2D eigenvalue weighted by molar-refractivity contribution is 6.30. The summed E-state index contributed by atoms with van der Waals surface area (Å²) in [6, 6.07) is 6.36. The number of carbonyl (C=O) groups is 3. The van der Waals surface area contributed by atoms with Gasteiger partial charge in [-0.25, -0.2) is 4.79 Å². The Morgan fingerprint density at radius 2 is 1.76 bits per heavy atom. The monoisotopic (exact) mass is 364 g/mol. The maximum Gasteiger partial charge on any atom is 0.410 e. The van der Waals surface area contributed by atoms with Gasteiger partial charge < -0.3 is 9.64 Å². The third-order valence-electron chi connectivity index (χ3n) is 3.57. The molecule has 0 saturated carbocycles. The van der Waals surface area contributed by atoms with Crippen molar-refractivity contribution in [1.82, 2.24) is 9.80 Å². The standard InChI is InChI=1S/C18H21ClN2O4/c1-12(16(23)13-5-7-14(19)8-6-13)21-10-9-20(11-15(21)22)17(24)25-18(2,3)4/h5-8H,1,9-11H2,2-4H3. The first-order valence-electron chi connectivity index (χ1n) is 7.86. The van der Waals surface area contributed by atoms with E-state index in [9.17, 15) is 14.4 Å². The molecule has 25 heavy (non-hydrogen) atoms. The Morgan fingerprint density at radius 3 is 2.28 bits per heavy atom. The average Bonchev–Trinajstić information content (AvgIpc) is 2.52. The molecule has 0 spiro atoms. The van der Waals surface area contributed by atoms with E-state index in [-0.39, 0.29) is 37.0 Å². The number of benzene rings is 1. The minimum Gasteiger partial charge on any atom is -0.444 e. The van der Waals surface area contributed by atoms with Gasteiger partial charge in [-0.2, -0.15) is 0 Å². The molecular formula is C18H21ClN2O4. The number of ketones is 1. The van der Waals surface area contributed by atoms with Crippen molar-refractivity contribution in [1.29, 1.82) is 0 Å². The first-order valence-corrected chi connectivity index (χ1v) is 8.24. The lowest BCUT2D eigenvalue weighted by atomic mass is 10.1. The quantitative estimate of drug-likeness (QED) is 0.610. The Balaban J connectivity index is 2.02. The van der Waals surface area contributed by atoms with Gasteiger partial charge in [-0.05, 0) is 45.0 Å². The molecule has 7 heteroatoms. The van der Waals surface area contributed by atoms with Gasteiger partial charge in [-0.3, -0.25) is 14.5 Å². The number of halogens is 1. The minimum atomic E-state index is -0.634. The second-order valence-corrected chi connectivity index (χ2v) is 7.17. The third-order valence-corrected chi connectivity index (χ3v) is 3.82. The highest BCUT2D eigenvalue weighted by Crippen LogP contribution is 2.18. The summed E-state index contributed by atoms with van der Waals surface area (Å²) < 4.78 is 5.26. The molecule has 1 aromatic rings. The third kappa shape index (κ3) is 4.82. The van der Waals surface area contributed by atoms with Crippen molar-refractivity contribution in [2.75, 3.05) is 19.6 Å². The molecule has 0 aliphatic carbocycles. The molecule has 0 atom stereocenters. The van der Waals surface area contributed by atoms with Crippen molar-refractivity contribution < 1.29 is 19.1 Å². The smallest absolute Gasteiger partial charge is 0.410 e. The molecule has 2 amide bonds. The molecule has 0 N–H and O–H groups in total. The van der Waals surface area contributed by atoms with Crippen LogP contribution in [0, 0.1) is 0 Å². The summed E-state index contributed by atoms with van der Waals surface area (Å²) in [4.78, 5) is 39.5. The number of ether oxygens (including phenoxy) is 1. The van der Waals surface area contributed by atoms with Gasteiger partial charge >= 0.3 is 6.09 Å². The zero-order valence-corrected chi connectivity index (χ0v) is 15.3. The lowest BCUT2D eigenvalue weighted by Crippen LogP contribution is -2.53. The van der Waals surface area contributed by atoms with Crippen LogP contribution in [0.5, 0.6) is 0 Å². The topological polar surface area (TPSA) is 66.9 Å². The first-order chi connectivity index (χ1) is 11.6. The number of amides is 2. The number of hydrogen-bond donors (Lipinski definition) is 0. The number of hydrogen-bond acceptors (Lipinski definition) is 4. The maximum atomic E-state index is 12.5. The number of nitrogens with zero attached hydrogens (tertiary/aromatic N) is 2. The second kappa shape index (κ2) is 7.27. The van der Waals surface area contributed by atoms with Gasteiger partial charge in [0.25, 0.3) is 0 Å². The van der Waals surface area contributed by atoms with Crippen LogP contribution in [-0.2, 0) is 9.53 Å². The van der Waals surface area contributed by atoms with E-state index < -0.39 is 11.7 Å². The average molecular weight is 365 g/mol. The van der Waals surface area contributed by atoms with Crippen LogP contribution in [0.4, 0.5) is 4.79 Å². The SMILES string of the molecule is C=C(C(=O)c1ccc(Cl)cc1)N1CCN(C(=O)OC(C)(C)C)CC1=O. The van der Waals surface area contributed by atoms with Gasteiger partial charge in [0.1, 0.15) is 12.1 Å². The molecule has 0 unspecified atom stereocenters. The molecule has 0 aromatic heterocycles. The van der Waals surface area contributed by atoms with Crippen LogP contribution in [0.1, 0.15) is 31.1 Å². The van der Waals surface area contributed by atoms with Crippen LogP contribution >= 0.6 is 11.6 Å². The van der Waals surface area contributed by atoms with E-state index in [2.05, 4.69) is 6.58 Å². The van der Waals surface area contributed by atoms with E-state index in [0.29, 0.717) is 10.6 Å². The van der Waals surface area contributed by atoms with E-state index in [1.807, 2.05) is 0 Å². The Labute approximate surface area is 152 Å². The molecule has 0 radical (unpaired) electrons. The first kappa shape index (κ1) is 19.0. The summed E-state index contributed by atoms with van der Waals surface area (Å²) in [5, 5.41) is 0.518. The van der Waals surface area contributed by atoms with Gasteiger partial charge in [0.05, 0.1) is 5.70 Å². The van der Waals surface area contributed by atoms with Gasteiger partial charge in [0, 0.05) is 23.7 Å². The van der Waals surface area contributed by atoms with Crippen molar-refractivity contribution in [3.05, 3.63) is 47.1 Å². The van der Waals surface area contributed by atoms with Gasteiger partial charge in [0.15, 0.2) is 0 Å². The second-order valence-electron chi connectivity index (χ2n) is 6.73. The highest BCUT2D eigenvalue weighted by Gasteiger charge is 2.33. The molecular weight excluding hydrogens is 344 g/mol. The largest absolute Gasteiger partial charge is 0.444 e.